The molecule has 27 heavy (non-hydrogen) atoms. The van der Waals surface area contributed by atoms with Crippen molar-refractivity contribution >= 4 is 34.2 Å². The molecule has 9 heteroatoms. The van der Waals surface area contributed by atoms with Crippen LogP contribution in [0.15, 0.2) is 23.3 Å². The van der Waals surface area contributed by atoms with Crippen LogP contribution < -0.4 is 10.2 Å². The number of aliphatic imine (C=N–C) groups is 1. The van der Waals surface area contributed by atoms with Gasteiger partial charge in [0.1, 0.15) is 11.0 Å². The lowest BCUT2D eigenvalue weighted by Gasteiger charge is -2.36. The van der Waals surface area contributed by atoms with Crippen molar-refractivity contribution in [2.75, 3.05) is 44.2 Å². The fraction of sp³-hybridized carbons (Fsp3) is 0.556. The highest BCUT2D eigenvalue weighted by molar-refractivity contribution is 7.09. The number of piperazine rings is 1. The summed E-state index contributed by atoms with van der Waals surface area (Å²) >= 11 is 7.34. The van der Waals surface area contributed by atoms with E-state index in [1.165, 1.54) is 11.5 Å². The minimum absolute atomic E-state index is 0.523. The van der Waals surface area contributed by atoms with Gasteiger partial charge in [0.2, 0.25) is 5.13 Å². The molecule has 1 fully saturated rings. The predicted molar refractivity (Wildman–Crippen MR) is 112 cm³/mol. The van der Waals surface area contributed by atoms with Crippen molar-refractivity contribution in [2.24, 2.45) is 4.99 Å². The van der Waals surface area contributed by atoms with Crippen molar-refractivity contribution in [3.8, 4) is 0 Å². The molecule has 3 heterocycles. The van der Waals surface area contributed by atoms with Gasteiger partial charge < -0.3 is 15.1 Å². The average molecular weight is 408 g/mol. The van der Waals surface area contributed by atoms with Crippen LogP contribution in [0.5, 0.6) is 0 Å². The van der Waals surface area contributed by atoms with Crippen LogP contribution in [-0.2, 0) is 12.8 Å². The molecule has 1 aliphatic heterocycles. The molecular formula is C18H26ClN7S. The van der Waals surface area contributed by atoms with Crippen LogP contribution in [0, 0.1) is 0 Å². The molecule has 0 unspecified atom stereocenters. The van der Waals surface area contributed by atoms with E-state index in [2.05, 4.69) is 43.3 Å². The van der Waals surface area contributed by atoms with E-state index in [0.717, 1.165) is 74.6 Å². The smallest absolute Gasteiger partial charge is 0.205 e. The van der Waals surface area contributed by atoms with Gasteiger partial charge in [0, 0.05) is 63.4 Å². The molecule has 1 N–H and O–H groups in total. The summed E-state index contributed by atoms with van der Waals surface area (Å²) in [6.07, 6.45) is 3.55. The van der Waals surface area contributed by atoms with E-state index in [9.17, 15) is 0 Å². The van der Waals surface area contributed by atoms with Gasteiger partial charge in [0.15, 0.2) is 5.96 Å². The van der Waals surface area contributed by atoms with E-state index in [1.54, 1.807) is 0 Å². The average Bonchev–Trinajstić information content (AvgIpc) is 3.18. The Morgan fingerprint density at radius 2 is 2.07 bits per heavy atom. The van der Waals surface area contributed by atoms with Crippen LogP contribution in [0.4, 0.5) is 5.13 Å². The van der Waals surface area contributed by atoms with Gasteiger partial charge in [-0.15, -0.1) is 0 Å². The molecule has 0 aromatic carbocycles. The summed E-state index contributed by atoms with van der Waals surface area (Å²) in [5.41, 5.74) is 1.15. The minimum atomic E-state index is 0.523. The van der Waals surface area contributed by atoms with E-state index in [1.807, 2.05) is 18.3 Å². The number of aromatic nitrogens is 3. The Morgan fingerprint density at radius 3 is 2.70 bits per heavy atom. The Morgan fingerprint density at radius 1 is 1.26 bits per heavy atom. The molecule has 0 bridgehead atoms. The molecule has 0 aliphatic carbocycles. The molecule has 2 aromatic rings. The third-order valence-electron chi connectivity index (χ3n) is 4.41. The Kier molecular flexibility index (Phi) is 7.23. The van der Waals surface area contributed by atoms with Gasteiger partial charge >= 0.3 is 0 Å². The second-order valence-corrected chi connectivity index (χ2v) is 7.41. The standard InChI is InChI=1S/C18H26ClN7S/c1-3-16-23-18(27-24-16)26-11-9-25(10-12-26)17(20-4-2)21-8-7-14-5-6-15(19)22-13-14/h5-6,13H,3-4,7-12H2,1-2H3,(H,20,21). The zero-order chi connectivity index (χ0) is 19.1. The molecule has 2 aromatic heterocycles. The molecule has 1 aliphatic rings. The number of rotatable bonds is 6. The van der Waals surface area contributed by atoms with Crippen LogP contribution in [0.3, 0.4) is 0 Å². The monoisotopic (exact) mass is 407 g/mol. The Bertz CT molecular complexity index is 738. The van der Waals surface area contributed by atoms with Crippen molar-refractivity contribution in [1.29, 1.82) is 0 Å². The summed E-state index contributed by atoms with van der Waals surface area (Å²) < 4.78 is 4.39. The highest BCUT2D eigenvalue weighted by Crippen LogP contribution is 2.19. The summed E-state index contributed by atoms with van der Waals surface area (Å²) in [6.45, 7) is 9.49. The number of anilines is 1. The fourth-order valence-corrected chi connectivity index (χ4v) is 3.81. The predicted octanol–water partition coefficient (Wildman–Crippen LogP) is 2.48. The number of halogens is 1. The quantitative estimate of drug-likeness (QED) is 0.450. The van der Waals surface area contributed by atoms with Crippen molar-refractivity contribution in [3.05, 3.63) is 34.9 Å². The molecule has 1 saturated heterocycles. The second-order valence-electron chi connectivity index (χ2n) is 6.30. The van der Waals surface area contributed by atoms with E-state index in [-0.39, 0.29) is 0 Å². The minimum Gasteiger partial charge on any atom is -0.357 e. The number of aryl methyl sites for hydroxylation is 1. The highest BCUT2D eigenvalue weighted by atomic mass is 35.5. The first-order chi connectivity index (χ1) is 13.2. The van der Waals surface area contributed by atoms with E-state index in [4.69, 9.17) is 16.6 Å². The van der Waals surface area contributed by atoms with Crippen molar-refractivity contribution in [2.45, 2.75) is 26.7 Å². The number of guanidine groups is 1. The summed E-state index contributed by atoms with van der Waals surface area (Å²) in [7, 11) is 0. The first-order valence-corrected chi connectivity index (χ1v) is 10.6. The van der Waals surface area contributed by atoms with Crippen molar-refractivity contribution in [3.63, 3.8) is 0 Å². The molecule has 0 saturated carbocycles. The maximum atomic E-state index is 5.84. The molecule has 7 nitrogen and oxygen atoms in total. The van der Waals surface area contributed by atoms with E-state index >= 15 is 0 Å². The van der Waals surface area contributed by atoms with E-state index in [0.29, 0.717) is 5.15 Å². The molecule has 0 atom stereocenters. The van der Waals surface area contributed by atoms with Gasteiger partial charge in [0.25, 0.3) is 0 Å². The Balaban J connectivity index is 1.54. The zero-order valence-corrected chi connectivity index (χ0v) is 17.4. The molecule has 146 valence electrons. The highest BCUT2D eigenvalue weighted by Gasteiger charge is 2.21. The number of nitrogens with one attached hydrogen (secondary N) is 1. The van der Waals surface area contributed by atoms with Gasteiger partial charge in [-0.2, -0.15) is 4.37 Å². The molecule has 0 spiro atoms. The lowest BCUT2D eigenvalue weighted by Crippen LogP contribution is -2.52. The number of nitrogens with zero attached hydrogens (tertiary/aromatic N) is 6. The zero-order valence-electron chi connectivity index (χ0n) is 15.9. The topological polar surface area (TPSA) is 69.5 Å². The fourth-order valence-electron chi connectivity index (χ4n) is 2.90. The summed E-state index contributed by atoms with van der Waals surface area (Å²) in [6, 6.07) is 3.83. The van der Waals surface area contributed by atoms with Crippen molar-refractivity contribution in [1.82, 2.24) is 24.6 Å². The summed E-state index contributed by atoms with van der Waals surface area (Å²) in [5, 5.41) is 4.97. The van der Waals surface area contributed by atoms with Gasteiger partial charge in [-0.05, 0) is 25.0 Å². The summed E-state index contributed by atoms with van der Waals surface area (Å²) in [5.74, 6) is 1.91. The molecular weight excluding hydrogens is 382 g/mol. The summed E-state index contributed by atoms with van der Waals surface area (Å²) in [4.78, 5) is 18.2. The lowest BCUT2D eigenvalue weighted by atomic mass is 10.2. The van der Waals surface area contributed by atoms with E-state index < -0.39 is 0 Å². The number of hydrogen-bond acceptors (Lipinski definition) is 6. The number of hydrogen-bond donors (Lipinski definition) is 1. The van der Waals surface area contributed by atoms with Gasteiger partial charge in [-0.25, -0.2) is 9.97 Å². The third-order valence-corrected chi connectivity index (χ3v) is 5.45. The SMILES string of the molecule is CCNC(=NCCc1ccc(Cl)nc1)N1CCN(c2nc(CC)ns2)CC1. The normalized spacial score (nSPS) is 15.3. The first-order valence-electron chi connectivity index (χ1n) is 9.40. The number of pyridine rings is 1. The molecule has 0 radical (unpaired) electrons. The van der Waals surface area contributed by atoms with Crippen LogP contribution in [0.1, 0.15) is 25.2 Å². The second kappa shape index (κ2) is 9.85. The van der Waals surface area contributed by atoms with Gasteiger partial charge in [0.05, 0.1) is 0 Å². The van der Waals surface area contributed by atoms with Crippen LogP contribution in [-0.4, -0.2) is 64.5 Å². The largest absolute Gasteiger partial charge is 0.357 e. The third kappa shape index (κ3) is 5.52. The maximum absolute atomic E-state index is 5.84. The first kappa shape index (κ1) is 19.8. The molecule has 0 amide bonds. The Labute approximate surface area is 169 Å². The van der Waals surface area contributed by atoms with Crippen molar-refractivity contribution < 1.29 is 0 Å². The lowest BCUT2D eigenvalue weighted by molar-refractivity contribution is 0.372. The Hall–Kier alpha value is -1.93. The van der Waals surface area contributed by atoms with Crippen LogP contribution in [0.2, 0.25) is 5.15 Å². The van der Waals surface area contributed by atoms with Gasteiger partial charge in [-0.3, -0.25) is 4.99 Å². The molecule has 3 rings (SSSR count). The van der Waals surface area contributed by atoms with Crippen LogP contribution >= 0.6 is 23.1 Å². The van der Waals surface area contributed by atoms with Gasteiger partial charge in [-0.1, -0.05) is 24.6 Å². The maximum Gasteiger partial charge on any atom is 0.205 e. The van der Waals surface area contributed by atoms with Crippen LogP contribution in [0.25, 0.3) is 0 Å².